The number of halogens is 2. The zero-order valence-corrected chi connectivity index (χ0v) is 11.3. The van der Waals surface area contributed by atoms with Gasteiger partial charge in [-0.05, 0) is 40.5 Å². The lowest BCUT2D eigenvalue weighted by atomic mass is 10.2. The van der Waals surface area contributed by atoms with Crippen molar-refractivity contribution in [3.63, 3.8) is 0 Å². The van der Waals surface area contributed by atoms with E-state index in [9.17, 15) is 4.79 Å². The first-order chi connectivity index (χ1) is 7.93. The van der Waals surface area contributed by atoms with Gasteiger partial charge >= 0.3 is 0 Å². The van der Waals surface area contributed by atoms with E-state index in [-0.39, 0.29) is 18.2 Å². The third kappa shape index (κ3) is 3.90. The predicted octanol–water partition coefficient (Wildman–Crippen LogP) is 2.49. The molecule has 0 atom stereocenters. The van der Waals surface area contributed by atoms with Crippen LogP contribution in [-0.4, -0.2) is 17.0 Å². The summed E-state index contributed by atoms with van der Waals surface area (Å²) >= 11 is 9.25. The zero-order chi connectivity index (χ0) is 13.0. The van der Waals surface area contributed by atoms with Gasteiger partial charge in [-0.1, -0.05) is 16.8 Å². The van der Waals surface area contributed by atoms with Crippen molar-refractivity contribution >= 4 is 45.0 Å². The summed E-state index contributed by atoms with van der Waals surface area (Å²) in [7, 11) is 0. The highest BCUT2D eigenvalue weighted by Crippen LogP contribution is 2.29. The highest BCUT2D eigenvalue weighted by atomic mass is 79.9. The molecule has 0 aliphatic carbocycles. The fraction of sp³-hybridized carbons (Fsp3) is 0.200. The number of nitrogens with one attached hydrogen (secondary N) is 1. The fourth-order valence-corrected chi connectivity index (χ4v) is 1.86. The molecule has 0 spiro atoms. The van der Waals surface area contributed by atoms with Crippen LogP contribution in [0.15, 0.2) is 21.8 Å². The lowest BCUT2D eigenvalue weighted by Crippen LogP contribution is -2.22. The van der Waals surface area contributed by atoms with Crippen molar-refractivity contribution < 1.29 is 10.0 Å². The number of hydrogen-bond acceptors (Lipinski definition) is 3. The van der Waals surface area contributed by atoms with Crippen molar-refractivity contribution in [3.05, 3.63) is 27.2 Å². The molecule has 0 aliphatic heterocycles. The summed E-state index contributed by atoms with van der Waals surface area (Å²) in [6, 6.07) is 3.42. The van der Waals surface area contributed by atoms with Gasteiger partial charge in [0.1, 0.15) is 5.84 Å². The number of rotatable bonds is 3. The fourth-order valence-electron chi connectivity index (χ4n) is 1.14. The number of amidine groups is 1. The molecule has 0 aromatic heterocycles. The van der Waals surface area contributed by atoms with Crippen LogP contribution in [0.2, 0.25) is 5.02 Å². The molecule has 17 heavy (non-hydrogen) atoms. The quantitative estimate of drug-likeness (QED) is 0.346. The van der Waals surface area contributed by atoms with Gasteiger partial charge in [0.2, 0.25) is 5.91 Å². The average molecular weight is 321 g/mol. The third-order valence-corrected chi connectivity index (χ3v) is 3.06. The maximum absolute atomic E-state index is 11.5. The van der Waals surface area contributed by atoms with E-state index >= 15 is 0 Å². The van der Waals surface area contributed by atoms with E-state index in [1.165, 1.54) is 0 Å². The smallest absolute Gasteiger partial charge is 0.232 e. The second-order valence-corrected chi connectivity index (χ2v) is 4.66. The number of oxime groups is 1. The SMILES string of the molecule is Cc1cc(Br)c(NC(=O)C/C(N)=N/O)cc1Cl. The lowest BCUT2D eigenvalue weighted by Gasteiger charge is -2.09. The topological polar surface area (TPSA) is 87.7 Å². The van der Waals surface area contributed by atoms with E-state index in [2.05, 4.69) is 26.4 Å². The Kier molecular flexibility index (Phi) is 4.77. The molecule has 1 amide bonds. The van der Waals surface area contributed by atoms with Gasteiger partial charge in [0.05, 0.1) is 12.1 Å². The second kappa shape index (κ2) is 5.88. The maximum Gasteiger partial charge on any atom is 0.232 e. The van der Waals surface area contributed by atoms with Crippen LogP contribution < -0.4 is 11.1 Å². The van der Waals surface area contributed by atoms with Gasteiger partial charge in [-0.2, -0.15) is 0 Å². The Hall–Kier alpha value is -1.27. The predicted molar refractivity (Wildman–Crippen MR) is 70.5 cm³/mol. The Morgan fingerprint density at radius 3 is 2.88 bits per heavy atom. The molecule has 0 bridgehead atoms. The lowest BCUT2D eigenvalue weighted by molar-refractivity contribution is -0.115. The second-order valence-electron chi connectivity index (χ2n) is 3.40. The molecule has 0 saturated carbocycles. The molecule has 92 valence electrons. The number of nitrogens with two attached hydrogens (primary N) is 1. The Morgan fingerprint density at radius 1 is 1.65 bits per heavy atom. The molecule has 1 rings (SSSR count). The number of carbonyl (C=O) groups is 1. The van der Waals surface area contributed by atoms with Crippen molar-refractivity contribution in [2.24, 2.45) is 10.9 Å². The summed E-state index contributed by atoms with van der Waals surface area (Å²) in [6.45, 7) is 1.86. The number of amides is 1. The molecule has 1 aromatic rings. The van der Waals surface area contributed by atoms with Gasteiger partial charge in [-0.3, -0.25) is 4.79 Å². The van der Waals surface area contributed by atoms with Gasteiger partial charge in [0.25, 0.3) is 0 Å². The number of nitrogens with zero attached hydrogens (tertiary/aromatic N) is 1. The van der Waals surface area contributed by atoms with Crippen molar-refractivity contribution in [1.29, 1.82) is 0 Å². The Labute approximate surface area is 112 Å². The van der Waals surface area contributed by atoms with E-state index in [0.29, 0.717) is 15.2 Å². The first kappa shape index (κ1) is 13.8. The van der Waals surface area contributed by atoms with E-state index in [1.54, 1.807) is 12.1 Å². The Morgan fingerprint density at radius 2 is 2.29 bits per heavy atom. The van der Waals surface area contributed by atoms with Crippen LogP contribution in [-0.2, 0) is 4.79 Å². The molecule has 7 heteroatoms. The normalized spacial score (nSPS) is 11.4. The van der Waals surface area contributed by atoms with Crippen LogP contribution in [0.3, 0.4) is 0 Å². The highest BCUT2D eigenvalue weighted by molar-refractivity contribution is 9.10. The number of carbonyl (C=O) groups excluding carboxylic acids is 1. The van der Waals surface area contributed by atoms with Crippen LogP contribution in [0.1, 0.15) is 12.0 Å². The van der Waals surface area contributed by atoms with Crippen LogP contribution in [0.25, 0.3) is 0 Å². The molecule has 0 heterocycles. The minimum Gasteiger partial charge on any atom is -0.409 e. The van der Waals surface area contributed by atoms with Crippen LogP contribution >= 0.6 is 27.5 Å². The van der Waals surface area contributed by atoms with Crippen LogP contribution in [0.4, 0.5) is 5.69 Å². The summed E-state index contributed by atoms with van der Waals surface area (Å²) in [5.41, 5.74) is 6.66. The Bertz CT molecular complexity index is 477. The molecule has 0 radical (unpaired) electrons. The van der Waals surface area contributed by atoms with E-state index in [0.717, 1.165) is 5.56 Å². The largest absolute Gasteiger partial charge is 0.409 e. The number of anilines is 1. The standard InChI is InChI=1S/C10H11BrClN3O2/c1-5-2-6(11)8(3-7(5)12)14-10(16)4-9(13)15-17/h2-3,17H,4H2,1H3,(H2,13,15)(H,14,16). The number of aryl methyl sites for hydroxylation is 1. The summed E-state index contributed by atoms with van der Waals surface area (Å²) in [5.74, 6) is -0.544. The van der Waals surface area contributed by atoms with Crippen LogP contribution in [0, 0.1) is 6.92 Å². The average Bonchev–Trinajstić information content (AvgIpc) is 2.25. The molecular weight excluding hydrogens is 309 g/mol. The zero-order valence-electron chi connectivity index (χ0n) is 9.00. The van der Waals surface area contributed by atoms with Gasteiger partial charge in [-0.25, -0.2) is 0 Å². The van der Waals surface area contributed by atoms with E-state index in [4.69, 9.17) is 22.5 Å². The summed E-state index contributed by atoms with van der Waals surface area (Å²) in [4.78, 5) is 11.5. The van der Waals surface area contributed by atoms with Gasteiger partial charge in [-0.15, -0.1) is 0 Å². The molecule has 5 nitrogen and oxygen atoms in total. The first-order valence-electron chi connectivity index (χ1n) is 4.66. The molecular formula is C10H11BrClN3O2. The molecule has 1 aromatic carbocycles. The molecule has 0 fully saturated rings. The van der Waals surface area contributed by atoms with Crippen molar-refractivity contribution in [1.82, 2.24) is 0 Å². The molecule has 0 unspecified atom stereocenters. The monoisotopic (exact) mass is 319 g/mol. The third-order valence-electron chi connectivity index (χ3n) is 1.99. The van der Waals surface area contributed by atoms with Crippen molar-refractivity contribution in [3.8, 4) is 0 Å². The minimum absolute atomic E-state index is 0.156. The van der Waals surface area contributed by atoms with Crippen molar-refractivity contribution in [2.75, 3.05) is 5.32 Å². The minimum atomic E-state index is -0.388. The van der Waals surface area contributed by atoms with Gasteiger partial charge < -0.3 is 16.3 Å². The van der Waals surface area contributed by atoms with Gasteiger partial charge in [0.15, 0.2) is 0 Å². The molecule has 0 aliphatic rings. The van der Waals surface area contributed by atoms with Gasteiger partial charge in [0, 0.05) is 9.50 Å². The molecule has 4 N–H and O–H groups in total. The maximum atomic E-state index is 11.5. The first-order valence-corrected chi connectivity index (χ1v) is 5.83. The van der Waals surface area contributed by atoms with E-state index in [1.807, 2.05) is 6.92 Å². The Balaban J connectivity index is 2.82. The summed E-state index contributed by atoms with van der Waals surface area (Å²) in [5, 5.41) is 14.2. The summed E-state index contributed by atoms with van der Waals surface area (Å²) in [6.07, 6.45) is -0.186. The van der Waals surface area contributed by atoms with E-state index < -0.39 is 0 Å². The van der Waals surface area contributed by atoms with Crippen LogP contribution in [0.5, 0.6) is 0 Å². The highest BCUT2D eigenvalue weighted by Gasteiger charge is 2.09. The number of hydrogen-bond donors (Lipinski definition) is 3. The summed E-state index contributed by atoms with van der Waals surface area (Å²) < 4.78 is 0.715. The van der Waals surface area contributed by atoms with Crippen molar-refractivity contribution in [2.45, 2.75) is 13.3 Å². The molecule has 0 saturated heterocycles. The number of benzene rings is 1.